The van der Waals surface area contributed by atoms with Gasteiger partial charge in [0.1, 0.15) is 5.69 Å². The van der Waals surface area contributed by atoms with Crippen molar-refractivity contribution in [2.24, 2.45) is 0 Å². The molecule has 0 spiro atoms. The summed E-state index contributed by atoms with van der Waals surface area (Å²) < 4.78 is 26.9. The highest BCUT2D eigenvalue weighted by molar-refractivity contribution is 5.34. The van der Waals surface area contributed by atoms with Crippen LogP contribution >= 0.6 is 0 Å². The summed E-state index contributed by atoms with van der Waals surface area (Å²) in [5.74, 6) is -2.53. The van der Waals surface area contributed by atoms with Crippen molar-refractivity contribution in [2.45, 2.75) is 44.6 Å². The first-order chi connectivity index (χ1) is 11.0. The third-order valence-electron chi connectivity index (χ3n) is 4.19. The quantitative estimate of drug-likeness (QED) is 0.845. The van der Waals surface area contributed by atoms with E-state index in [1.54, 1.807) is 6.20 Å². The van der Waals surface area contributed by atoms with E-state index in [9.17, 15) is 8.78 Å². The molecule has 0 amide bonds. The fourth-order valence-electron chi connectivity index (χ4n) is 2.99. The van der Waals surface area contributed by atoms with Crippen LogP contribution in [-0.4, -0.2) is 27.5 Å². The monoisotopic (exact) mass is 318 g/mol. The average molecular weight is 318 g/mol. The molecule has 0 aromatic carbocycles. The van der Waals surface area contributed by atoms with E-state index < -0.39 is 5.92 Å². The molecule has 0 radical (unpaired) electrons. The lowest BCUT2D eigenvalue weighted by Crippen LogP contribution is -2.32. The third kappa shape index (κ3) is 3.81. The molecule has 1 fully saturated rings. The largest absolute Gasteiger partial charge is 0.338 e. The van der Waals surface area contributed by atoms with Crippen molar-refractivity contribution < 1.29 is 8.78 Å². The Hall–Kier alpha value is -2.11. The van der Waals surface area contributed by atoms with E-state index in [-0.39, 0.29) is 11.7 Å². The zero-order valence-electron chi connectivity index (χ0n) is 13.1. The molecule has 1 atom stereocenters. The molecular formula is C17H20F2N4. The Morgan fingerprint density at radius 2 is 2.09 bits per heavy atom. The second kappa shape index (κ2) is 6.56. The molecule has 0 bridgehead atoms. The number of anilines is 1. The normalized spacial score (nSPS) is 18.4. The van der Waals surface area contributed by atoms with Crippen LogP contribution < -0.4 is 4.90 Å². The van der Waals surface area contributed by atoms with E-state index in [0.29, 0.717) is 5.95 Å². The predicted octanol–water partition coefficient (Wildman–Crippen LogP) is 3.58. The van der Waals surface area contributed by atoms with Crippen LogP contribution in [0.3, 0.4) is 0 Å². The first kappa shape index (κ1) is 15.8. The Morgan fingerprint density at radius 3 is 2.83 bits per heavy atom. The van der Waals surface area contributed by atoms with Gasteiger partial charge < -0.3 is 4.90 Å². The van der Waals surface area contributed by atoms with Gasteiger partial charge in [0.2, 0.25) is 5.95 Å². The Bertz CT molecular complexity index is 643. The lowest BCUT2D eigenvalue weighted by molar-refractivity contribution is 0.0127. The lowest BCUT2D eigenvalue weighted by Gasteiger charge is -2.25. The van der Waals surface area contributed by atoms with Crippen LogP contribution in [0, 0.1) is 0 Å². The number of aryl methyl sites for hydroxylation is 1. The molecule has 23 heavy (non-hydrogen) atoms. The molecule has 1 aliphatic heterocycles. The summed E-state index contributed by atoms with van der Waals surface area (Å²) in [6, 6.07) is 7.44. The van der Waals surface area contributed by atoms with Gasteiger partial charge >= 0.3 is 0 Å². The number of pyridine rings is 1. The van der Waals surface area contributed by atoms with Crippen LogP contribution in [0.25, 0.3) is 0 Å². The molecule has 1 saturated heterocycles. The Balaban J connectivity index is 1.71. The molecule has 3 rings (SSSR count). The second-order valence-corrected chi connectivity index (χ2v) is 5.98. The summed E-state index contributed by atoms with van der Waals surface area (Å²) in [7, 11) is 0. The van der Waals surface area contributed by atoms with E-state index in [1.807, 2.05) is 18.2 Å². The minimum Gasteiger partial charge on any atom is -0.338 e. The Labute approximate surface area is 134 Å². The van der Waals surface area contributed by atoms with E-state index in [4.69, 9.17) is 0 Å². The van der Waals surface area contributed by atoms with Gasteiger partial charge in [-0.2, -0.15) is 8.78 Å². The molecule has 122 valence electrons. The van der Waals surface area contributed by atoms with Crippen molar-refractivity contribution in [3.05, 3.63) is 48.0 Å². The predicted molar refractivity (Wildman–Crippen MR) is 84.5 cm³/mol. The number of rotatable bonds is 5. The topological polar surface area (TPSA) is 41.9 Å². The van der Waals surface area contributed by atoms with Crippen molar-refractivity contribution in [1.82, 2.24) is 15.0 Å². The third-order valence-corrected chi connectivity index (χ3v) is 4.19. The summed E-state index contributed by atoms with van der Waals surface area (Å²) in [6.45, 7) is 1.67. The minimum atomic E-state index is -2.94. The molecule has 2 aromatic rings. The van der Waals surface area contributed by atoms with Gasteiger partial charge in [-0.15, -0.1) is 0 Å². The van der Waals surface area contributed by atoms with Gasteiger partial charge in [0, 0.05) is 37.6 Å². The molecule has 2 aromatic heterocycles. The fourth-order valence-corrected chi connectivity index (χ4v) is 2.99. The highest BCUT2D eigenvalue weighted by atomic mass is 19.3. The zero-order valence-corrected chi connectivity index (χ0v) is 13.1. The van der Waals surface area contributed by atoms with E-state index in [1.165, 1.54) is 12.3 Å². The molecule has 3 heterocycles. The van der Waals surface area contributed by atoms with Crippen molar-refractivity contribution in [2.75, 3.05) is 11.4 Å². The van der Waals surface area contributed by atoms with Crippen molar-refractivity contribution in [3.8, 4) is 0 Å². The number of aromatic nitrogens is 3. The van der Waals surface area contributed by atoms with Crippen molar-refractivity contribution in [1.29, 1.82) is 0 Å². The first-order valence-electron chi connectivity index (χ1n) is 7.92. The minimum absolute atomic E-state index is 0.224. The fraction of sp³-hybridized carbons (Fsp3) is 0.471. The molecule has 1 aliphatic rings. The van der Waals surface area contributed by atoms with Gasteiger partial charge in [0.05, 0.1) is 0 Å². The molecule has 0 aliphatic carbocycles. The van der Waals surface area contributed by atoms with E-state index in [0.717, 1.165) is 44.8 Å². The molecule has 0 unspecified atom stereocenters. The van der Waals surface area contributed by atoms with Crippen LogP contribution in [-0.2, 0) is 12.3 Å². The van der Waals surface area contributed by atoms with Gasteiger partial charge in [-0.1, -0.05) is 6.07 Å². The highest BCUT2D eigenvalue weighted by Gasteiger charge is 2.30. The smallest absolute Gasteiger partial charge is 0.287 e. The highest BCUT2D eigenvalue weighted by Crippen LogP contribution is 2.29. The Morgan fingerprint density at radius 1 is 1.22 bits per heavy atom. The molecule has 6 heteroatoms. The SMILES string of the molecule is CC(F)(F)c1ccnc(N2CCC[C@H]2CCc2ccccn2)n1. The van der Waals surface area contributed by atoms with Gasteiger partial charge in [0.25, 0.3) is 5.92 Å². The summed E-state index contributed by atoms with van der Waals surface area (Å²) in [6.07, 6.45) is 7.06. The molecule has 0 saturated carbocycles. The second-order valence-electron chi connectivity index (χ2n) is 5.98. The van der Waals surface area contributed by atoms with E-state index in [2.05, 4.69) is 19.9 Å². The molecule has 4 nitrogen and oxygen atoms in total. The number of hydrogen-bond donors (Lipinski definition) is 0. The number of halogens is 2. The van der Waals surface area contributed by atoms with Crippen molar-refractivity contribution in [3.63, 3.8) is 0 Å². The van der Waals surface area contributed by atoms with Gasteiger partial charge in [-0.05, 0) is 43.9 Å². The zero-order chi connectivity index (χ0) is 16.3. The molecular weight excluding hydrogens is 298 g/mol. The lowest BCUT2D eigenvalue weighted by atomic mass is 10.1. The van der Waals surface area contributed by atoms with Gasteiger partial charge in [-0.25, -0.2) is 9.97 Å². The summed E-state index contributed by atoms with van der Waals surface area (Å²) in [4.78, 5) is 14.7. The summed E-state index contributed by atoms with van der Waals surface area (Å²) >= 11 is 0. The summed E-state index contributed by atoms with van der Waals surface area (Å²) in [5.41, 5.74) is 0.826. The summed E-state index contributed by atoms with van der Waals surface area (Å²) in [5, 5.41) is 0. The van der Waals surface area contributed by atoms with E-state index >= 15 is 0 Å². The maximum Gasteiger partial charge on any atom is 0.287 e. The van der Waals surface area contributed by atoms with Crippen LogP contribution in [0.5, 0.6) is 0 Å². The number of alkyl halides is 2. The maximum absolute atomic E-state index is 13.5. The Kier molecular flexibility index (Phi) is 4.50. The van der Waals surface area contributed by atoms with Gasteiger partial charge in [-0.3, -0.25) is 4.98 Å². The van der Waals surface area contributed by atoms with Crippen LogP contribution in [0.2, 0.25) is 0 Å². The average Bonchev–Trinajstić information content (AvgIpc) is 3.02. The maximum atomic E-state index is 13.5. The van der Waals surface area contributed by atoms with Crippen LogP contribution in [0.15, 0.2) is 36.7 Å². The first-order valence-corrected chi connectivity index (χ1v) is 7.92. The number of hydrogen-bond acceptors (Lipinski definition) is 4. The van der Waals surface area contributed by atoms with Crippen molar-refractivity contribution >= 4 is 5.95 Å². The standard InChI is InChI=1S/C17H20F2N4/c1-17(18,19)15-9-11-21-16(22-15)23-12-4-6-14(23)8-7-13-5-2-3-10-20-13/h2-3,5,9-11,14H,4,6-8,12H2,1H3/t14-/m0/s1. The number of nitrogens with zero attached hydrogens (tertiary/aromatic N) is 4. The van der Waals surface area contributed by atoms with Crippen LogP contribution in [0.4, 0.5) is 14.7 Å². The molecule has 0 N–H and O–H groups in total. The van der Waals surface area contributed by atoms with Crippen LogP contribution in [0.1, 0.15) is 37.6 Å². The van der Waals surface area contributed by atoms with Gasteiger partial charge in [0.15, 0.2) is 0 Å².